The first kappa shape index (κ1) is 11.9. The Morgan fingerprint density at radius 3 is 2.95 bits per heavy atom. The van der Waals surface area contributed by atoms with E-state index in [2.05, 4.69) is 4.98 Å². The number of halogens is 1. The van der Waals surface area contributed by atoms with Gasteiger partial charge in [-0.3, -0.25) is 4.79 Å². The van der Waals surface area contributed by atoms with Gasteiger partial charge in [0.2, 0.25) is 0 Å². The van der Waals surface area contributed by atoms with Crippen molar-refractivity contribution in [3.63, 3.8) is 0 Å². The molecule has 3 rings (SSSR count). The number of fused-ring (bicyclic) bond motifs is 3. The maximum absolute atomic E-state index is 13.4. The van der Waals surface area contributed by atoms with Crippen LogP contribution >= 0.6 is 0 Å². The van der Waals surface area contributed by atoms with Crippen molar-refractivity contribution in [3.05, 3.63) is 47.3 Å². The lowest BCUT2D eigenvalue weighted by Crippen LogP contribution is -2.25. The summed E-state index contributed by atoms with van der Waals surface area (Å²) in [6.07, 6.45) is 2.51. The molecule has 0 fully saturated rings. The second kappa shape index (κ2) is 4.19. The maximum atomic E-state index is 13.4. The van der Waals surface area contributed by atoms with Crippen molar-refractivity contribution in [3.8, 4) is 5.69 Å². The minimum atomic E-state index is -0.403. The number of carbonyl (C=O) groups is 1. The van der Waals surface area contributed by atoms with Crippen LogP contribution in [0.15, 0.2) is 24.5 Å². The zero-order valence-corrected chi connectivity index (χ0v) is 10.9. The summed E-state index contributed by atoms with van der Waals surface area (Å²) in [5.74, 6) is -0.569. The average Bonchev–Trinajstić information content (AvgIpc) is 2.76. The summed E-state index contributed by atoms with van der Waals surface area (Å²) in [6, 6.07) is 4.29. The van der Waals surface area contributed by atoms with Crippen LogP contribution in [0, 0.1) is 5.82 Å². The molecule has 98 valence electrons. The quantitative estimate of drug-likeness (QED) is 0.787. The molecule has 1 aromatic heterocycles. The van der Waals surface area contributed by atoms with Gasteiger partial charge in [-0.25, -0.2) is 9.37 Å². The van der Waals surface area contributed by atoms with Gasteiger partial charge in [0.05, 0.1) is 35.5 Å². The molecule has 0 N–H and O–H groups in total. The third-order valence-electron chi connectivity index (χ3n) is 3.47. The Kier molecular flexibility index (Phi) is 2.62. The number of imidazole rings is 1. The molecule has 0 bridgehead atoms. The number of benzene rings is 1. The molecule has 5 heteroatoms. The lowest BCUT2D eigenvalue weighted by Gasteiger charge is -2.14. The van der Waals surface area contributed by atoms with Gasteiger partial charge in [-0.15, -0.1) is 0 Å². The predicted molar refractivity (Wildman–Crippen MR) is 68.7 cm³/mol. The maximum Gasteiger partial charge on any atom is 0.256 e. The summed E-state index contributed by atoms with van der Waals surface area (Å²) in [6.45, 7) is 2.51. The molecule has 1 aliphatic heterocycles. The molecular weight excluding hydrogens is 245 g/mol. The Bertz CT molecular complexity index is 663. The highest BCUT2D eigenvalue weighted by molar-refractivity contribution is 5.98. The van der Waals surface area contributed by atoms with Crippen LogP contribution < -0.4 is 0 Å². The fraction of sp³-hybridized carbons (Fsp3) is 0.286. The molecule has 0 spiro atoms. The Hall–Kier alpha value is -2.17. The van der Waals surface area contributed by atoms with Gasteiger partial charge in [0, 0.05) is 7.05 Å². The van der Waals surface area contributed by atoms with Gasteiger partial charge < -0.3 is 9.47 Å². The first-order chi connectivity index (χ1) is 9.11. The van der Waals surface area contributed by atoms with Gasteiger partial charge in [0.1, 0.15) is 5.82 Å². The lowest BCUT2D eigenvalue weighted by molar-refractivity contribution is 0.0787. The summed E-state index contributed by atoms with van der Waals surface area (Å²) >= 11 is 0. The van der Waals surface area contributed by atoms with E-state index in [1.807, 2.05) is 11.5 Å². The number of aryl methyl sites for hydroxylation is 1. The summed E-state index contributed by atoms with van der Waals surface area (Å²) in [5, 5.41) is 0. The van der Waals surface area contributed by atoms with E-state index in [0.717, 1.165) is 17.8 Å². The van der Waals surface area contributed by atoms with Gasteiger partial charge in [0.25, 0.3) is 5.91 Å². The molecule has 19 heavy (non-hydrogen) atoms. The van der Waals surface area contributed by atoms with E-state index in [4.69, 9.17) is 0 Å². The van der Waals surface area contributed by atoms with Gasteiger partial charge in [-0.05, 0) is 24.6 Å². The van der Waals surface area contributed by atoms with E-state index < -0.39 is 5.82 Å². The Morgan fingerprint density at radius 2 is 2.21 bits per heavy atom. The molecule has 0 unspecified atom stereocenters. The highest BCUT2D eigenvalue weighted by Crippen LogP contribution is 2.26. The van der Waals surface area contributed by atoms with Crippen LogP contribution in [0.25, 0.3) is 5.69 Å². The highest BCUT2D eigenvalue weighted by atomic mass is 19.1. The molecule has 4 nitrogen and oxygen atoms in total. The van der Waals surface area contributed by atoms with Crippen LogP contribution in [0.2, 0.25) is 0 Å². The van der Waals surface area contributed by atoms with Gasteiger partial charge in [-0.2, -0.15) is 0 Å². The normalized spacial score (nSPS) is 14.1. The Labute approximate surface area is 110 Å². The standard InChI is InChI=1S/C14H14FN3O/c1-3-11-13-7-17(2)14(19)10-6-9(15)4-5-12(10)18(13)8-16-11/h4-6,8H,3,7H2,1-2H3. The lowest BCUT2D eigenvalue weighted by atomic mass is 10.1. The number of amides is 1. The van der Waals surface area contributed by atoms with Crippen molar-refractivity contribution in [2.45, 2.75) is 19.9 Å². The highest BCUT2D eigenvalue weighted by Gasteiger charge is 2.25. The summed E-state index contributed by atoms with van der Waals surface area (Å²) in [7, 11) is 1.72. The summed E-state index contributed by atoms with van der Waals surface area (Å²) in [5.41, 5.74) is 3.03. The van der Waals surface area contributed by atoms with Crippen molar-refractivity contribution < 1.29 is 9.18 Å². The average molecular weight is 259 g/mol. The number of nitrogens with zero attached hydrogens (tertiary/aromatic N) is 3. The monoisotopic (exact) mass is 259 g/mol. The molecule has 2 heterocycles. The predicted octanol–water partition coefficient (Wildman–Crippen LogP) is 2.16. The molecule has 2 aromatic rings. The Morgan fingerprint density at radius 1 is 1.42 bits per heavy atom. The van der Waals surface area contributed by atoms with Crippen molar-refractivity contribution in [1.82, 2.24) is 14.5 Å². The smallest absolute Gasteiger partial charge is 0.256 e. The fourth-order valence-corrected chi connectivity index (χ4v) is 2.47. The minimum absolute atomic E-state index is 0.166. The van der Waals surface area contributed by atoms with E-state index in [0.29, 0.717) is 17.8 Å². The zero-order chi connectivity index (χ0) is 13.6. The van der Waals surface area contributed by atoms with Gasteiger partial charge in [-0.1, -0.05) is 6.92 Å². The number of hydrogen-bond acceptors (Lipinski definition) is 2. The van der Waals surface area contributed by atoms with Crippen LogP contribution in [0.3, 0.4) is 0 Å². The molecule has 0 saturated heterocycles. The molecule has 1 aromatic carbocycles. The van der Waals surface area contributed by atoms with Crippen LogP contribution in [0.4, 0.5) is 4.39 Å². The number of aromatic nitrogens is 2. The second-order valence-corrected chi connectivity index (χ2v) is 4.68. The van der Waals surface area contributed by atoms with E-state index in [1.165, 1.54) is 12.1 Å². The molecule has 1 amide bonds. The van der Waals surface area contributed by atoms with E-state index in [1.54, 1.807) is 24.3 Å². The second-order valence-electron chi connectivity index (χ2n) is 4.68. The number of carbonyl (C=O) groups excluding carboxylic acids is 1. The largest absolute Gasteiger partial charge is 0.336 e. The molecular formula is C14H14FN3O. The molecule has 0 aliphatic carbocycles. The molecule has 0 atom stereocenters. The van der Waals surface area contributed by atoms with Crippen molar-refractivity contribution >= 4 is 5.91 Å². The van der Waals surface area contributed by atoms with Crippen LogP contribution in [0.1, 0.15) is 28.7 Å². The van der Waals surface area contributed by atoms with Crippen molar-refractivity contribution in [1.29, 1.82) is 0 Å². The van der Waals surface area contributed by atoms with E-state index in [9.17, 15) is 9.18 Å². The van der Waals surface area contributed by atoms with Gasteiger partial charge in [0.15, 0.2) is 0 Å². The van der Waals surface area contributed by atoms with Crippen molar-refractivity contribution in [2.24, 2.45) is 0 Å². The number of hydrogen-bond donors (Lipinski definition) is 0. The Balaban J connectivity index is 2.30. The third-order valence-corrected chi connectivity index (χ3v) is 3.47. The first-order valence-corrected chi connectivity index (χ1v) is 6.22. The summed E-state index contributed by atoms with van der Waals surface area (Å²) < 4.78 is 15.3. The first-order valence-electron chi connectivity index (χ1n) is 6.22. The zero-order valence-electron chi connectivity index (χ0n) is 10.9. The topological polar surface area (TPSA) is 38.1 Å². The fourth-order valence-electron chi connectivity index (χ4n) is 2.47. The third kappa shape index (κ3) is 1.73. The van der Waals surface area contributed by atoms with Gasteiger partial charge >= 0.3 is 0 Å². The van der Waals surface area contributed by atoms with E-state index in [-0.39, 0.29) is 5.91 Å². The van der Waals surface area contributed by atoms with Crippen LogP contribution in [0.5, 0.6) is 0 Å². The molecule has 0 saturated carbocycles. The van der Waals surface area contributed by atoms with E-state index >= 15 is 0 Å². The summed E-state index contributed by atoms with van der Waals surface area (Å²) in [4.78, 5) is 18.2. The molecule has 0 radical (unpaired) electrons. The van der Waals surface area contributed by atoms with Crippen molar-refractivity contribution in [2.75, 3.05) is 7.05 Å². The molecule has 1 aliphatic rings. The minimum Gasteiger partial charge on any atom is -0.336 e. The number of rotatable bonds is 1. The van der Waals surface area contributed by atoms with Crippen LogP contribution in [-0.2, 0) is 13.0 Å². The van der Waals surface area contributed by atoms with Crippen LogP contribution in [-0.4, -0.2) is 27.4 Å². The SMILES string of the molecule is CCc1ncn2c1CN(C)C(=O)c1cc(F)ccc1-2.